The van der Waals surface area contributed by atoms with E-state index >= 15 is 0 Å². The molecule has 0 saturated carbocycles. The third kappa shape index (κ3) is 5.26. The maximum absolute atomic E-state index is 13.0. The minimum atomic E-state index is -3.29. The first-order chi connectivity index (χ1) is 14.9. The van der Waals surface area contributed by atoms with Crippen molar-refractivity contribution in [1.29, 1.82) is 0 Å². The Morgan fingerprint density at radius 1 is 0.742 bits per heavy atom. The van der Waals surface area contributed by atoms with Gasteiger partial charge in [0.2, 0.25) is 10.0 Å². The van der Waals surface area contributed by atoms with Gasteiger partial charge in [-0.1, -0.05) is 61.5 Å². The Hall–Kier alpha value is -2.00. The van der Waals surface area contributed by atoms with Gasteiger partial charge in [-0.3, -0.25) is 0 Å². The van der Waals surface area contributed by atoms with Gasteiger partial charge in [-0.05, 0) is 56.7 Å². The highest BCUT2D eigenvalue weighted by Gasteiger charge is 2.45. The molecule has 3 rings (SSSR count). The smallest absolute Gasteiger partial charge is 0.212 e. The third-order valence-electron chi connectivity index (χ3n) is 5.73. The van der Waals surface area contributed by atoms with Crippen LogP contribution in [0.25, 0.3) is 0 Å². The van der Waals surface area contributed by atoms with Crippen molar-refractivity contribution >= 4 is 33.2 Å². The molecule has 0 unspecified atom stereocenters. The summed E-state index contributed by atoms with van der Waals surface area (Å²) in [6, 6.07) is 31.8. The van der Waals surface area contributed by atoms with Gasteiger partial charge in [-0.15, -0.1) is 0 Å². The zero-order chi connectivity index (χ0) is 22.3. The van der Waals surface area contributed by atoms with Crippen molar-refractivity contribution in [3.63, 3.8) is 0 Å². The molecule has 5 heteroatoms. The van der Waals surface area contributed by atoms with Gasteiger partial charge in [0, 0.05) is 12.6 Å². The van der Waals surface area contributed by atoms with E-state index in [1.54, 1.807) is 4.31 Å². The van der Waals surface area contributed by atoms with Crippen LogP contribution in [0.1, 0.15) is 27.2 Å². The summed E-state index contributed by atoms with van der Waals surface area (Å²) in [7, 11) is -5.27. The van der Waals surface area contributed by atoms with E-state index in [1.807, 2.05) is 39.0 Å². The van der Waals surface area contributed by atoms with E-state index < -0.39 is 17.3 Å². The van der Waals surface area contributed by atoms with Crippen molar-refractivity contribution in [2.24, 2.45) is 0 Å². The van der Waals surface area contributed by atoms with Crippen molar-refractivity contribution in [3.05, 3.63) is 91.0 Å². The molecule has 164 valence electrons. The molecule has 0 N–H and O–H groups in total. The topological polar surface area (TPSA) is 37.4 Å². The molecule has 0 saturated heterocycles. The summed E-state index contributed by atoms with van der Waals surface area (Å²) in [5, 5.41) is 3.88. The van der Waals surface area contributed by atoms with Gasteiger partial charge in [0.05, 0.1) is 11.9 Å². The van der Waals surface area contributed by atoms with Crippen LogP contribution in [-0.2, 0) is 10.0 Å². The van der Waals surface area contributed by atoms with Crippen LogP contribution >= 0.6 is 7.26 Å². The second kappa shape index (κ2) is 10.5. The lowest BCUT2D eigenvalue weighted by atomic mass is 10.4. The minimum Gasteiger partial charge on any atom is -0.212 e. The van der Waals surface area contributed by atoms with Crippen LogP contribution in [0.3, 0.4) is 0 Å². The number of hydrogen-bond acceptors (Lipinski definition) is 2. The maximum Gasteiger partial charge on any atom is 0.214 e. The lowest BCUT2D eigenvalue weighted by Gasteiger charge is -2.29. The Morgan fingerprint density at radius 2 is 1.13 bits per heavy atom. The summed E-state index contributed by atoms with van der Waals surface area (Å²) in [6.45, 7) is 6.30. The van der Waals surface area contributed by atoms with Gasteiger partial charge in [-0.25, -0.2) is 8.42 Å². The standard InChI is InChI=1S/C26H33NO2PS/c1-4-27(23(2)3)31(28,29)22-14-21-30(24-15-8-5-9-16-24,25-17-10-6-11-18-25)26-19-12-7-13-20-26/h5-13,15-20,23H,4,14,21-22H2,1-3H3/q+1. The highest BCUT2D eigenvalue weighted by molar-refractivity contribution is 7.95. The van der Waals surface area contributed by atoms with Crippen LogP contribution in [-0.4, -0.2) is 37.2 Å². The average Bonchev–Trinajstić information content (AvgIpc) is 2.78. The molecular weight excluding hydrogens is 421 g/mol. The predicted octanol–water partition coefficient (Wildman–Crippen LogP) is 4.43. The van der Waals surface area contributed by atoms with Gasteiger partial charge < -0.3 is 0 Å². The summed E-state index contributed by atoms with van der Waals surface area (Å²) >= 11 is 0. The fraction of sp³-hybridized carbons (Fsp3) is 0.308. The van der Waals surface area contributed by atoms with Crippen LogP contribution in [0, 0.1) is 0 Å². The molecule has 0 spiro atoms. The van der Waals surface area contributed by atoms with E-state index in [-0.39, 0.29) is 11.8 Å². The summed E-state index contributed by atoms with van der Waals surface area (Å²) in [5.41, 5.74) is 0. The molecule has 3 aromatic rings. The van der Waals surface area contributed by atoms with E-state index in [0.717, 1.165) is 6.16 Å². The highest BCUT2D eigenvalue weighted by atomic mass is 32.2. The zero-order valence-corrected chi connectivity index (χ0v) is 20.4. The molecule has 0 radical (unpaired) electrons. The van der Waals surface area contributed by atoms with Crippen LogP contribution in [0.15, 0.2) is 91.0 Å². The van der Waals surface area contributed by atoms with E-state index in [1.165, 1.54) is 15.9 Å². The number of benzene rings is 3. The molecular formula is C26H33NO2PS+. The molecule has 0 fully saturated rings. The Morgan fingerprint density at radius 3 is 1.45 bits per heavy atom. The highest BCUT2D eigenvalue weighted by Crippen LogP contribution is 2.55. The monoisotopic (exact) mass is 454 g/mol. The lowest BCUT2D eigenvalue weighted by molar-refractivity contribution is 0.369. The van der Waals surface area contributed by atoms with Crippen molar-refractivity contribution < 1.29 is 8.42 Å². The molecule has 0 atom stereocenters. The van der Waals surface area contributed by atoms with Crippen LogP contribution in [0.5, 0.6) is 0 Å². The van der Waals surface area contributed by atoms with E-state index in [9.17, 15) is 8.42 Å². The number of nitrogens with zero attached hydrogens (tertiary/aromatic N) is 1. The maximum atomic E-state index is 13.0. The van der Waals surface area contributed by atoms with Crippen molar-refractivity contribution in [1.82, 2.24) is 4.31 Å². The number of rotatable bonds is 10. The first-order valence-corrected chi connectivity index (χ1v) is 14.5. The minimum absolute atomic E-state index is 0.0214. The summed E-state index contributed by atoms with van der Waals surface area (Å²) in [6.07, 6.45) is 1.44. The van der Waals surface area contributed by atoms with Gasteiger partial charge in [0.25, 0.3) is 0 Å². The SMILES string of the molecule is CCN(C(C)C)S(=O)(=O)CCC[P+](c1ccccc1)(c1ccccc1)c1ccccc1. The first kappa shape index (κ1) is 23.7. The van der Waals surface area contributed by atoms with Gasteiger partial charge in [0.1, 0.15) is 23.2 Å². The molecule has 0 heterocycles. The average molecular weight is 455 g/mol. The normalized spacial score (nSPS) is 12.4. The zero-order valence-electron chi connectivity index (χ0n) is 18.7. The fourth-order valence-corrected chi connectivity index (χ4v) is 10.7. The Labute approximate surface area is 188 Å². The molecule has 0 aliphatic rings. The van der Waals surface area contributed by atoms with Crippen LogP contribution in [0.4, 0.5) is 0 Å². The second-order valence-electron chi connectivity index (χ2n) is 8.01. The molecule has 0 aromatic heterocycles. The van der Waals surface area contributed by atoms with E-state index in [0.29, 0.717) is 13.0 Å². The largest absolute Gasteiger partial charge is 0.214 e. The third-order valence-corrected chi connectivity index (χ3v) is 12.5. The molecule has 31 heavy (non-hydrogen) atoms. The molecule has 3 nitrogen and oxygen atoms in total. The quantitative estimate of drug-likeness (QED) is 0.425. The summed E-state index contributed by atoms with van der Waals surface area (Å²) in [5.74, 6) is 0.174. The molecule has 0 aliphatic carbocycles. The van der Waals surface area contributed by atoms with Gasteiger partial charge in [-0.2, -0.15) is 4.31 Å². The van der Waals surface area contributed by atoms with Crippen LogP contribution < -0.4 is 15.9 Å². The van der Waals surface area contributed by atoms with E-state index in [2.05, 4.69) is 72.8 Å². The molecule has 0 amide bonds. The second-order valence-corrected chi connectivity index (χ2v) is 13.7. The number of sulfonamides is 1. The Bertz CT molecular complexity index is 942. The summed E-state index contributed by atoms with van der Waals surface area (Å²) in [4.78, 5) is 0. The van der Waals surface area contributed by atoms with Gasteiger partial charge in [0.15, 0.2) is 0 Å². The van der Waals surface area contributed by atoms with Crippen molar-refractivity contribution in [2.45, 2.75) is 33.2 Å². The molecule has 3 aromatic carbocycles. The van der Waals surface area contributed by atoms with E-state index in [4.69, 9.17) is 0 Å². The molecule has 0 bridgehead atoms. The summed E-state index contributed by atoms with van der Waals surface area (Å²) < 4.78 is 27.7. The van der Waals surface area contributed by atoms with Crippen molar-refractivity contribution in [3.8, 4) is 0 Å². The Kier molecular flexibility index (Phi) is 8.05. The van der Waals surface area contributed by atoms with Crippen LogP contribution in [0.2, 0.25) is 0 Å². The molecule has 0 aliphatic heterocycles. The predicted molar refractivity (Wildman–Crippen MR) is 136 cm³/mol. The fourth-order valence-electron chi connectivity index (χ4n) is 4.37. The number of hydrogen-bond donors (Lipinski definition) is 0. The van der Waals surface area contributed by atoms with Crippen molar-refractivity contribution in [2.75, 3.05) is 18.5 Å². The first-order valence-electron chi connectivity index (χ1n) is 11.0. The lowest BCUT2D eigenvalue weighted by Crippen LogP contribution is -2.39. The Balaban J connectivity index is 2.05. The van der Waals surface area contributed by atoms with Gasteiger partial charge >= 0.3 is 0 Å².